The van der Waals surface area contributed by atoms with Gasteiger partial charge in [0.25, 0.3) is 0 Å². The van der Waals surface area contributed by atoms with Crippen molar-refractivity contribution in [1.29, 1.82) is 5.26 Å². The number of methoxy groups -OCH3 is 1. The number of benzene rings is 2. The van der Waals surface area contributed by atoms with Gasteiger partial charge in [-0.1, -0.05) is 12.1 Å². The summed E-state index contributed by atoms with van der Waals surface area (Å²) in [5, 5.41) is 18.9. The first-order valence-electron chi connectivity index (χ1n) is 7.51. The normalized spacial score (nSPS) is 20.0. The van der Waals surface area contributed by atoms with Gasteiger partial charge in [0.15, 0.2) is 11.6 Å². The molecule has 0 bridgehead atoms. The number of hydrogen-bond donors (Lipinski definition) is 1. The Hall–Kier alpha value is -2.65. The van der Waals surface area contributed by atoms with Crippen LogP contribution in [0.1, 0.15) is 23.6 Å². The molecule has 0 aromatic heterocycles. The maximum atomic E-state index is 14.4. The maximum Gasteiger partial charge on any atom is 0.150 e. The third kappa shape index (κ3) is 2.91. The van der Waals surface area contributed by atoms with Crippen molar-refractivity contribution in [3.8, 4) is 11.8 Å². The molecule has 1 N–H and O–H groups in total. The molecular weight excluding hydrogens is 314 g/mol. The third-order valence-corrected chi connectivity index (χ3v) is 4.19. The zero-order chi connectivity index (χ0) is 17.3. The highest BCUT2D eigenvalue weighted by atomic mass is 19.1. The van der Waals surface area contributed by atoms with Gasteiger partial charge in [-0.05, 0) is 36.2 Å². The van der Waals surface area contributed by atoms with Crippen molar-refractivity contribution in [3.05, 3.63) is 59.2 Å². The SMILES string of the molecule is COc1cccc([C@@H]2C[C@H](O)CN2c2c(F)cc(C#N)cc2F)c1. The number of halogens is 2. The van der Waals surface area contributed by atoms with Gasteiger partial charge in [-0.25, -0.2) is 8.78 Å². The van der Waals surface area contributed by atoms with E-state index >= 15 is 0 Å². The molecule has 0 spiro atoms. The number of β-amino-alcohol motifs (C(OH)–C–C–N with tert-alkyl or cyclic N) is 1. The van der Waals surface area contributed by atoms with Crippen molar-refractivity contribution in [2.24, 2.45) is 0 Å². The fourth-order valence-electron chi connectivity index (χ4n) is 3.13. The summed E-state index contributed by atoms with van der Waals surface area (Å²) in [7, 11) is 1.54. The van der Waals surface area contributed by atoms with Crippen LogP contribution in [0.25, 0.3) is 0 Å². The predicted octanol–water partition coefficient (Wildman–Crippen LogP) is 3.16. The Morgan fingerprint density at radius 1 is 1.25 bits per heavy atom. The summed E-state index contributed by atoms with van der Waals surface area (Å²) < 4.78 is 33.9. The number of aliphatic hydroxyl groups is 1. The summed E-state index contributed by atoms with van der Waals surface area (Å²) in [6.07, 6.45) is -0.345. The molecule has 6 heteroatoms. The fourth-order valence-corrected chi connectivity index (χ4v) is 3.13. The molecule has 0 unspecified atom stereocenters. The van der Waals surface area contributed by atoms with Crippen LogP contribution in [0.5, 0.6) is 5.75 Å². The Kier molecular flexibility index (Phi) is 4.36. The van der Waals surface area contributed by atoms with E-state index in [4.69, 9.17) is 10.00 Å². The van der Waals surface area contributed by atoms with Gasteiger partial charge in [-0.3, -0.25) is 0 Å². The van der Waals surface area contributed by atoms with Gasteiger partial charge in [0.05, 0.1) is 30.9 Å². The summed E-state index contributed by atoms with van der Waals surface area (Å²) in [5.74, 6) is -0.989. The Labute approximate surface area is 138 Å². The Bertz CT molecular complexity index is 781. The molecule has 1 aliphatic rings. The Morgan fingerprint density at radius 3 is 2.58 bits per heavy atom. The first kappa shape index (κ1) is 16.2. The van der Waals surface area contributed by atoms with Crippen molar-refractivity contribution in [2.75, 3.05) is 18.6 Å². The largest absolute Gasteiger partial charge is 0.497 e. The minimum atomic E-state index is -0.812. The highest BCUT2D eigenvalue weighted by Crippen LogP contribution is 2.39. The van der Waals surface area contributed by atoms with Gasteiger partial charge in [0.2, 0.25) is 0 Å². The number of nitriles is 1. The quantitative estimate of drug-likeness (QED) is 0.939. The van der Waals surface area contributed by atoms with Gasteiger partial charge in [0, 0.05) is 6.54 Å². The van der Waals surface area contributed by atoms with Crippen LogP contribution in [0.4, 0.5) is 14.5 Å². The van der Waals surface area contributed by atoms with Crippen LogP contribution in [0.15, 0.2) is 36.4 Å². The monoisotopic (exact) mass is 330 g/mol. The van der Waals surface area contributed by atoms with E-state index < -0.39 is 17.7 Å². The van der Waals surface area contributed by atoms with Crippen LogP contribution >= 0.6 is 0 Å². The lowest BCUT2D eigenvalue weighted by molar-refractivity contribution is 0.194. The smallest absolute Gasteiger partial charge is 0.150 e. The van der Waals surface area contributed by atoms with Gasteiger partial charge >= 0.3 is 0 Å². The van der Waals surface area contributed by atoms with Gasteiger partial charge < -0.3 is 14.7 Å². The first-order chi connectivity index (χ1) is 11.5. The number of rotatable bonds is 3. The van der Waals surface area contributed by atoms with Crippen LogP contribution in [-0.4, -0.2) is 24.9 Å². The molecule has 124 valence electrons. The average molecular weight is 330 g/mol. The molecule has 1 saturated heterocycles. The van der Waals surface area contributed by atoms with E-state index in [0.29, 0.717) is 12.2 Å². The number of aliphatic hydroxyl groups excluding tert-OH is 1. The maximum absolute atomic E-state index is 14.4. The van der Waals surface area contributed by atoms with Crippen LogP contribution in [0, 0.1) is 23.0 Å². The lowest BCUT2D eigenvalue weighted by Crippen LogP contribution is -2.26. The van der Waals surface area contributed by atoms with Crippen molar-refractivity contribution < 1.29 is 18.6 Å². The summed E-state index contributed by atoms with van der Waals surface area (Å²) >= 11 is 0. The molecule has 1 fully saturated rings. The van der Waals surface area contributed by atoms with Crippen LogP contribution in [0.3, 0.4) is 0 Å². The standard InChI is InChI=1S/C18H16F2N2O2/c1-24-14-4-2-3-12(7-14)17-8-13(23)10-22(17)18-15(19)5-11(9-21)6-16(18)20/h2-7,13,17,23H,8,10H2,1H3/t13-,17-/m0/s1. The number of nitrogens with zero attached hydrogens (tertiary/aromatic N) is 2. The van der Waals surface area contributed by atoms with Gasteiger partial charge in [0.1, 0.15) is 11.4 Å². The molecule has 1 aliphatic heterocycles. The van der Waals surface area contributed by atoms with Crippen LogP contribution in [-0.2, 0) is 0 Å². The topological polar surface area (TPSA) is 56.5 Å². The number of anilines is 1. The molecular formula is C18H16F2N2O2. The van der Waals surface area contributed by atoms with E-state index in [0.717, 1.165) is 17.7 Å². The van der Waals surface area contributed by atoms with E-state index in [1.165, 1.54) is 4.90 Å². The van der Waals surface area contributed by atoms with Crippen LogP contribution in [0.2, 0.25) is 0 Å². The molecule has 0 aliphatic carbocycles. The summed E-state index contributed by atoms with van der Waals surface area (Å²) in [4.78, 5) is 1.51. The third-order valence-electron chi connectivity index (χ3n) is 4.19. The lowest BCUT2D eigenvalue weighted by Gasteiger charge is -2.28. The minimum absolute atomic E-state index is 0.0774. The molecule has 24 heavy (non-hydrogen) atoms. The molecule has 2 atom stereocenters. The molecule has 2 aromatic carbocycles. The molecule has 4 nitrogen and oxygen atoms in total. The van der Waals surface area contributed by atoms with Crippen molar-refractivity contribution in [1.82, 2.24) is 0 Å². The average Bonchev–Trinajstić information content (AvgIpc) is 2.95. The first-order valence-corrected chi connectivity index (χ1v) is 7.51. The Balaban J connectivity index is 2.04. The molecule has 2 aromatic rings. The zero-order valence-corrected chi connectivity index (χ0v) is 13.0. The second kappa shape index (κ2) is 6.46. The predicted molar refractivity (Wildman–Crippen MR) is 84.8 cm³/mol. The molecule has 3 rings (SSSR count). The summed E-state index contributed by atoms with van der Waals surface area (Å²) in [6, 6.07) is 10.5. The van der Waals surface area contributed by atoms with E-state index in [2.05, 4.69) is 0 Å². The highest BCUT2D eigenvalue weighted by molar-refractivity contribution is 5.56. The number of hydrogen-bond acceptors (Lipinski definition) is 4. The summed E-state index contributed by atoms with van der Waals surface area (Å²) in [6.45, 7) is 0.113. The lowest BCUT2D eigenvalue weighted by atomic mass is 10.0. The van der Waals surface area contributed by atoms with Gasteiger partial charge in [-0.2, -0.15) is 5.26 Å². The molecule has 1 heterocycles. The molecule has 0 amide bonds. The minimum Gasteiger partial charge on any atom is -0.497 e. The second-order valence-electron chi connectivity index (χ2n) is 5.73. The van der Waals surface area contributed by atoms with Crippen molar-refractivity contribution >= 4 is 5.69 Å². The highest BCUT2D eigenvalue weighted by Gasteiger charge is 2.35. The van der Waals surface area contributed by atoms with E-state index in [1.54, 1.807) is 31.4 Å². The summed E-state index contributed by atoms with van der Waals surface area (Å²) in [5.41, 5.74) is 0.499. The molecule has 0 radical (unpaired) electrons. The van der Waals surface area contributed by atoms with E-state index in [1.807, 2.05) is 6.07 Å². The van der Waals surface area contributed by atoms with Crippen molar-refractivity contribution in [3.63, 3.8) is 0 Å². The number of ether oxygens (including phenoxy) is 1. The second-order valence-corrected chi connectivity index (χ2v) is 5.73. The fraction of sp³-hybridized carbons (Fsp3) is 0.278. The van der Waals surface area contributed by atoms with Crippen LogP contribution < -0.4 is 9.64 Å². The zero-order valence-electron chi connectivity index (χ0n) is 13.0. The van der Waals surface area contributed by atoms with Crippen molar-refractivity contribution in [2.45, 2.75) is 18.6 Å². The van der Waals surface area contributed by atoms with Gasteiger partial charge in [-0.15, -0.1) is 0 Å². The Morgan fingerprint density at radius 2 is 1.96 bits per heavy atom. The van der Waals surface area contributed by atoms with E-state index in [9.17, 15) is 13.9 Å². The molecule has 0 saturated carbocycles. The van der Waals surface area contributed by atoms with E-state index in [-0.39, 0.29) is 23.8 Å².